The van der Waals surface area contributed by atoms with Gasteiger partial charge in [0.25, 0.3) is 0 Å². The second-order valence-corrected chi connectivity index (χ2v) is 4.90. The van der Waals surface area contributed by atoms with E-state index in [9.17, 15) is 20.4 Å². The number of fused-ring (bicyclic) bond motifs is 1. The molecule has 0 saturated heterocycles. The minimum absolute atomic E-state index is 0.0268. The van der Waals surface area contributed by atoms with Gasteiger partial charge in [-0.25, -0.2) is 4.98 Å². The van der Waals surface area contributed by atoms with Crippen molar-refractivity contribution in [1.29, 1.82) is 0 Å². The van der Waals surface area contributed by atoms with E-state index in [0.29, 0.717) is 16.1 Å². The number of imidazole rings is 1. The number of aromatic amines is 1. The maximum atomic E-state index is 9.94. The fraction of sp³-hybridized carbons (Fsp3) is 0.417. The van der Waals surface area contributed by atoms with Gasteiger partial charge in [0.05, 0.1) is 17.6 Å². The lowest BCUT2D eigenvalue weighted by Crippen LogP contribution is -2.42. The van der Waals surface area contributed by atoms with Crippen molar-refractivity contribution in [2.45, 2.75) is 24.4 Å². The van der Waals surface area contributed by atoms with Crippen LogP contribution in [-0.4, -0.2) is 60.4 Å². The van der Waals surface area contributed by atoms with E-state index in [-0.39, 0.29) is 5.82 Å². The monoisotopic (exact) mass is 302 g/mol. The van der Waals surface area contributed by atoms with Gasteiger partial charge >= 0.3 is 0 Å². The molecule has 0 spiro atoms. The van der Waals surface area contributed by atoms with Gasteiger partial charge in [-0.2, -0.15) is 0 Å². The molecule has 0 aliphatic heterocycles. The Morgan fingerprint density at radius 3 is 2.50 bits per heavy atom. The summed E-state index contributed by atoms with van der Waals surface area (Å²) in [7, 11) is 0. The first kappa shape index (κ1) is 15.2. The largest absolute Gasteiger partial charge is 0.394 e. The fourth-order valence-corrected chi connectivity index (χ4v) is 1.99. The molecule has 8 heteroatoms. The summed E-state index contributed by atoms with van der Waals surface area (Å²) in [5.74, 6) is 0.0268. The second kappa shape index (κ2) is 6.04. The molecule has 0 aliphatic carbocycles. The zero-order chi connectivity index (χ0) is 14.9. The standard InChI is InChI=1S/C12H15ClN2O5/c13-5-1-2-6-7(3-5)15-12(14-6)11(20)10(19)9(18)8(17)4-16/h1-3,8-11,16-20H,4H2,(H,14,15)/t8?,9?,10?,11-/m0/s1. The third-order valence-electron chi connectivity index (χ3n) is 3.00. The molecule has 6 N–H and O–H groups in total. The molecule has 1 aromatic heterocycles. The molecule has 0 aliphatic rings. The van der Waals surface area contributed by atoms with Crippen molar-refractivity contribution in [2.24, 2.45) is 0 Å². The third-order valence-corrected chi connectivity index (χ3v) is 3.23. The van der Waals surface area contributed by atoms with Crippen LogP contribution in [0.25, 0.3) is 11.0 Å². The number of nitrogens with zero attached hydrogens (tertiary/aromatic N) is 1. The number of hydrogen-bond donors (Lipinski definition) is 6. The van der Waals surface area contributed by atoms with Gasteiger partial charge in [-0.05, 0) is 18.2 Å². The Morgan fingerprint density at radius 2 is 1.85 bits per heavy atom. The molecule has 7 nitrogen and oxygen atoms in total. The average molecular weight is 303 g/mol. The molecule has 4 atom stereocenters. The van der Waals surface area contributed by atoms with Gasteiger partial charge in [-0.15, -0.1) is 0 Å². The predicted molar refractivity (Wildman–Crippen MR) is 71.2 cm³/mol. The molecule has 1 heterocycles. The van der Waals surface area contributed by atoms with Gasteiger partial charge in [0.15, 0.2) is 0 Å². The summed E-state index contributed by atoms with van der Waals surface area (Å²) in [5, 5.41) is 47.7. The first-order valence-corrected chi connectivity index (χ1v) is 6.30. The van der Waals surface area contributed by atoms with Gasteiger partial charge in [0.1, 0.15) is 30.2 Å². The van der Waals surface area contributed by atoms with Gasteiger partial charge in [-0.3, -0.25) is 0 Å². The van der Waals surface area contributed by atoms with Crippen LogP contribution in [0.1, 0.15) is 11.9 Å². The van der Waals surface area contributed by atoms with Crippen molar-refractivity contribution >= 4 is 22.6 Å². The highest BCUT2D eigenvalue weighted by Crippen LogP contribution is 2.23. The summed E-state index contributed by atoms with van der Waals surface area (Å²) in [5.41, 5.74) is 1.10. The van der Waals surface area contributed by atoms with E-state index in [1.54, 1.807) is 18.2 Å². The van der Waals surface area contributed by atoms with Crippen molar-refractivity contribution < 1.29 is 25.5 Å². The first-order valence-electron chi connectivity index (χ1n) is 5.92. The zero-order valence-corrected chi connectivity index (χ0v) is 11.1. The van der Waals surface area contributed by atoms with Crippen LogP contribution in [0.2, 0.25) is 5.02 Å². The second-order valence-electron chi connectivity index (χ2n) is 4.46. The predicted octanol–water partition coefficient (Wildman–Crippen LogP) is -0.675. The molecule has 20 heavy (non-hydrogen) atoms. The zero-order valence-electron chi connectivity index (χ0n) is 10.3. The molecule has 1 aromatic carbocycles. The van der Waals surface area contributed by atoms with Gasteiger partial charge in [0.2, 0.25) is 0 Å². The Bertz CT molecular complexity index is 590. The van der Waals surface area contributed by atoms with Crippen molar-refractivity contribution in [3.8, 4) is 0 Å². The maximum Gasteiger partial charge on any atom is 0.140 e. The Hall–Kier alpha value is -1.22. The average Bonchev–Trinajstić information content (AvgIpc) is 2.86. The SMILES string of the molecule is OCC(O)C(O)C(O)[C@H](O)c1nc2cc(Cl)ccc2[nH]1. The Morgan fingerprint density at radius 1 is 1.15 bits per heavy atom. The van der Waals surface area contributed by atoms with Crippen LogP contribution in [0, 0.1) is 0 Å². The van der Waals surface area contributed by atoms with Crippen LogP contribution >= 0.6 is 11.6 Å². The minimum Gasteiger partial charge on any atom is -0.394 e. The summed E-state index contributed by atoms with van der Waals surface area (Å²) < 4.78 is 0. The molecule has 0 saturated carbocycles. The van der Waals surface area contributed by atoms with Crippen LogP contribution in [0.5, 0.6) is 0 Å². The highest BCUT2D eigenvalue weighted by atomic mass is 35.5. The summed E-state index contributed by atoms with van der Waals surface area (Å²) in [6.45, 7) is -0.735. The van der Waals surface area contributed by atoms with E-state index in [1.165, 1.54) is 0 Å². The van der Waals surface area contributed by atoms with Crippen LogP contribution in [0.15, 0.2) is 18.2 Å². The van der Waals surface area contributed by atoms with Crippen LogP contribution < -0.4 is 0 Å². The number of halogens is 1. The van der Waals surface area contributed by atoms with Crippen molar-refractivity contribution in [3.63, 3.8) is 0 Å². The number of hydrogen-bond acceptors (Lipinski definition) is 6. The van der Waals surface area contributed by atoms with Gasteiger partial charge in [0, 0.05) is 5.02 Å². The Kier molecular flexibility index (Phi) is 4.59. The summed E-state index contributed by atoms with van der Waals surface area (Å²) in [6.07, 6.45) is -6.50. The normalized spacial score (nSPS) is 17.9. The number of aliphatic hydroxyl groups excluding tert-OH is 5. The van der Waals surface area contributed by atoms with Crippen LogP contribution in [0.3, 0.4) is 0 Å². The van der Waals surface area contributed by atoms with Gasteiger partial charge in [-0.1, -0.05) is 11.6 Å². The maximum absolute atomic E-state index is 9.94. The lowest BCUT2D eigenvalue weighted by molar-refractivity contribution is -0.117. The van der Waals surface area contributed by atoms with Gasteiger partial charge < -0.3 is 30.5 Å². The molecule has 2 rings (SSSR count). The van der Waals surface area contributed by atoms with E-state index >= 15 is 0 Å². The molecule has 0 fully saturated rings. The Labute approximate surface area is 119 Å². The summed E-state index contributed by atoms with van der Waals surface area (Å²) in [4.78, 5) is 6.84. The molecule has 2 aromatic rings. The number of aliphatic hydroxyl groups is 5. The highest BCUT2D eigenvalue weighted by Gasteiger charge is 2.32. The number of H-pyrrole nitrogens is 1. The smallest absolute Gasteiger partial charge is 0.140 e. The molecule has 3 unspecified atom stereocenters. The quantitative estimate of drug-likeness (QED) is 0.434. The first-order chi connectivity index (χ1) is 9.43. The Balaban J connectivity index is 2.24. The number of rotatable bonds is 5. The van der Waals surface area contributed by atoms with Crippen LogP contribution in [0.4, 0.5) is 0 Å². The minimum atomic E-state index is -1.70. The molecule has 0 amide bonds. The lowest BCUT2D eigenvalue weighted by Gasteiger charge is -2.24. The summed E-state index contributed by atoms with van der Waals surface area (Å²) in [6, 6.07) is 4.88. The van der Waals surface area contributed by atoms with E-state index < -0.39 is 31.0 Å². The van der Waals surface area contributed by atoms with E-state index in [0.717, 1.165) is 0 Å². The lowest BCUT2D eigenvalue weighted by atomic mass is 10.0. The number of nitrogens with one attached hydrogen (secondary N) is 1. The molecule has 0 bridgehead atoms. The van der Waals surface area contributed by atoms with E-state index in [4.69, 9.17) is 16.7 Å². The molecular formula is C12H15ClN2O5. The van der Waals surface area contributed by atoms with Crippen molar-refractivity contribution in [1.82, 2.24) is 9.97 Å². The topological polar surface area (TPSA) is 130 Å². The fourth-order valence-electron chi connectivity index (χ4n) is 1.82. The van der Waals surface area contributed by atoms with E-state index in [1.807, 2.05) is 0 Å². The molecular weight excluding hydrogens is 288 g/mol. The summed E-state index contributed by atoms with van der Waals surface area (Å²) >= 11 is 5.81. The van der Waals surface area contributed by atoms with E-state index in [2.05, 4.69) is 9.97 Å². The molecule has 0 radical (unpaired) electrons. The molecule has 110 valence electrons. The van der Waals surface area contributed by atoms with Crippen LogP contribution in [-0.2, 0) is 0 Å². The van der Waals surface area contributed by atoms with Crippen molar-refractivity contribution in [3.05, 3.63) is 29.0 Å². The number of aromatic nitrogens is 2. The third kappa shape index (κ3) is 2.93. The number of benzene rings is 1. The van der Waals surface area contributed by atoms with Crippen molar-refractivity contribution in [2.75, 3.05) is 6.61 Å². The highest BCUT2D eigenvalue weighted by molar-refractivity contribution is 6.31.